The highest BCUT2D eigenvalue weighted by Gasteiger charge is 2.28. The molecule has 0 spiro atoms. The summed E-state index contributed by atoms with van der Waals surface area (Å²) in [6, 6.07) is 12.4. The van der Waals surface area contributed by atoms with Crippen molar-refractivity contribution in [3.63, 3.8) is 0 Å². The van der Waals surface area contributed by atoms with Gasteiger partial charge in [-0.2, -0.15) is 4.72 Å². The maximum atomic E-state index is 13.2. The fraction of sp³-hybridized carbons (Fsp3) is 0.440. The molecule has 0 aromatic heterocycles. The van der Waals surface area contributed by atoms with E-state index in [9.17, 15) is 18.0 Å². The quantitative estimate of drug-likeness (QED) is 0.428. The lowest BCUT2D eigenvalue weighted by Crippen LogP contribution is -2.43. The number of sulfonamides is 1. The maximum Gasteiger partial charge on any atom is 0.242 e. The molecule has 2 aromatic carbocycles. The van der Waals surface area contributed by atoms with Gasteiger partial charge in [-0.15, -0.1) is 0 Å². The molecule has 0 saturated carbocycles. The van der Waals surface area contributed by atoms with Gasteiger partial charge in [0.2, 0.25) is 21.8 Å². The van der Waals surface area contributed by atoms with Gasteiger partial charge in [-0.1, -0.05) is 44.2 Å². The van der Waals surface area contributed by atoms with E-state index in [0.717, 1.165) is 31.5 Å². The first-order chi connectivity index (χ1) is 16.3. The van der Waals surface area contributed by atoms with Gasteiger partial charge in [-0.25, -0.2) is 8.42 Å². The van der Waals surface area contributed by atoms with Gasteiger partial charge in [0.05, 0.1) is 4.90 Å². The summed E-state index contributed by atoms with van der Waals surface area (Å²) >= 11 is 0. The number of hydrogen-bond donors (Lipinski definition) is 3. The van der Waals surface area contributed by atoms with E-state index in [4.69, 9.17) is 0 Å². The Morgan fingerprint density at radius 2 is 1.74 bits per heavy atom. The van der Waals surface area contributed by atoms with Gasteiger partial charge in [-0.3, -0.25) is 9.59 Å². The monoisotopic (exact) mass is 486 g/mol. The van der Waals surface area contributed by atoms with Crippen LogP contribution in [0.1, 0.15) is 50.3 Å². The third kappa shape index (κ3) is 6.88. The molecule has 0 aliphatic carbocycles. The molecule has 34 heavy (non-hydrogen) atoms. The molecule has 1 atom stereocenters. The van der Waals surface area contributed by atoms with Crippen molar-refractivity contribution in [1.29, 1.82) is 0 Å². The number of rotatable bonds is 12. The lowest BCUT2D eigenvalue weighted by atomic mass is 10.0. The largest absolute Gasteiger partial charge is 0.353 e. The topological polar surface area (TPSA) is 108 Å². The predicted octanol–water partition coefficient (Wildman–Crippen LogP) is 2.83. The van der Waals surface area contributed by atoms with Crippen LogP contribution in [0.2, 0.25) is 0 Å². The van der Waals surface area contributed by atoms with Crippen molar-refractivity contribution in [3.8, 4) is 0 Å². The van der Waals surface area contributed by atoms with Crippen LogP contribution in [-0.4, -0.2) is 51.3 Å². The van der Waals surface area contributed by atoms with Gasteiger partial charge in [0.15, 0.2) is 0 Å². The minimum Gasteiger partial charge on any atom is -0.353 e. The van der Waals surface area contributed by atoms with Crippen molar-refractivity contribution in [3.05, 3.63) is 59.7 Å². The van der Waals surface area contributed by atoms with E-state index in [-0.39, 0.29) is 10.8 Å². The lowest BCUT2D eigenvalue weighted by Gasteiger charge is -2.23. The number of aryl methyl sites for hydroxylation is 1. The van der Waals surface area contributed by atoms with Crippen LogP contribution in [0.4, 0.5) is 5.69 Å². The van der Waals surface area contributed by atoms with E-state index in [2.05, 4.69) is 34.1 Å². The average Bonchev–Trinajstić information content (AvgIpc) is 2.83. The molecule has 3 rings (SSSR count). The maximum absolute atomic E-state index is 13.2. The van der Waals surface area contributed by atoms with E-state index in [1.54, 1.807) is 36.4 Å². The van der Waals surface area contributed by atoms with Crippen LogP contribution in [0.5, 0.6) is 0 Å². The highest BCUT2D eigenvalue weighted by atomic mass is 32.2. The summed E-state index contributed by atoms with van der Waals surface area (Å²) in [4.78, 5) is 27.1. The number of fused-ring (bicyclic) bond motifs is 1. The van der Waals surface area contributed by atoms with Crippen LogP contribution in [0, 0.1) is 0 Å². The van der Waals surface area contributed by atoms with Crippen LogP contribution < -0.4 is 15.4 Å². The van der Waals surface area contributed by atoms with E-state index >= 15 is 0 Å². The van der Waals surface area contributed by atoms with Crippen molar-refractivity contribution in [1.82, 2.24) is 14.9 Å². The van der Waals surface area contributed by atoms with E-state index in [0.29, 0.717) is 37.2 Å². The highest BCUT2D eigenvalue weighted by Crippen LogP contribution is 2.26. The minimum absolute atomic E-state index is 0.0631. The Bertz CT molecular complexity index is 1080. The molecule has 9 heteroatoms. The summed E-state index contributed by atoms with van der Waals surface area (Å²) in [5.41, 5.74) is 1.94. The Labute approximate surface area is 202 Å². The Balaban J connectivity index is 1.76. The van der Waals surface area contributed by atoms with Gasteiger partial charge in [0.1, 0.15) is 6.04 Å². The molecular formula is C25H34N4O4S. The van der Waals surface area contributed by atoms with E-state index in [1.165, 1.54) is 6.07 Å². The second kappa shape index (κ2) is 12.1. The van der Waals surface area contributed by atoms with Crippen molar-refractivity contribution in [2.75, 3.05) is 31.5 Å². The Morgan fingerprint density at radius 3 is 2.41 bits per heavy atom. The van der Waals surface area contributed by atoms with E-state index < -0.39 is 22.0 Å². The fourth-order valence-corrected chi connectivity index (χ4v) is 5.31. The number of carbonyl (C=O) groups excluding carboxylic acids is 2. The van der Waals surface area contributed by atoms with Crippen molar-refractivity contribution >= 4 is 27.5 Å². The first-order valence-electron chi connectivity index (χ1n) is 11.8. The van der Waals surface area contributed by atoms with Crippen LogP contribution >= 0.6 is 0 Å². The second-order valence-electron chi connectivity index (χ2n) is 8.46. The number of anilines is 1. The summed E-state index contributed by atoms with van der Waals surface area (Å²) in [5, 5.41) is 5.65. The summed E-state index contributed by atoms with van der Waals surface area (Å²) in [7, 11) is -3.99. The third-order valence-corrected chi connectivity index (χ3v) is 7.18. The van der Waals surface area contributed by atoms with E-state index in [1.807, 2.05) is 6.07 Å². The van der Waals surface area contributed by atoms with Crippen LogP contribution in [0.25, 0.3) is 0 Å². The van der Waals surface area contributed by atoms with Crippen molar-refractivity contribution in [2.45, 2.75) is 50.5 Å². The summed E-state index contributed by atoms with van der Waals surface area (Å²) < 4.78 is 29.1. The smallest absolute Gasteiger partial charge is 0.242 e. The highest BCUT2D eigenvalue weighted by molar-refractivity contribution is 7.89. The molecule has 184 valence electrons. The van der Waals surface area contributed by atoms with Gasteiger partial charge >= 0.3 is 0 Å². The standard InChI is InChI=1S/C25H34N4O4S/c1-3-15-29(16-4-2)17-14-26-25(31)24(19-8-6-5-7-9-19)28-34(32,33)21-11-12-22-20(18-21)10-13-23(30)27-22/h5-9,11-12,18,24,28H,3-4,10,13-17H2,1-2H3,(H,26,31)(H,27,30)/t24-/m1/s1. The first-order valence-corrected chi connectivity index (χ1v) is 13.3. The second-order valence-corrected chi connectivity index (χ2v) is 10.2. The molecule has 2 aromatic rings. The molecule has 8 nitrogen and oxygen atoms in total. The number of nitrogens with zero attached hydrogens (tertiary/aromatic N) is 1. The summed E-state index contributed by atoms with van der Waals surface area (Å²) in [6.45, 7) is 7.29. The molecule has 0 radical (unpaired) electrons. The molecule has 3 N–H and O–H groups in total. The zero-order valence-corrected chi connectivity index (χ0v) is 20.7. The fourth-order valence-electron chi connectivity index (χ4n) is 4.08. The SMILES string of the molecule is CCCN(CCC)CCNC(=O)[C@H](NS(=O)(=O)c1ccc2c(c1)CCC(=O)N2)c1ccccc1. The molecule has 0 unspecified atom stereocenters. The molecule has 1 aliphatic rings. The average molecular weight is 487 g/mol. The number of hydrogen-bond acceptors (Lipinski definition) is 5. The van der Waals surface area contributed by atoms with Crippen LogP contribution in [-0.2, 0) is 26.0 Å². The van der Waals surface area contributed by atoms with Gasteiger partial charge in [-0.05, 0) is 61.7 Å². The van der Waals surface area contributed by atoms with Gasteiger partial charge in [0, 0.05) is 25.2 Å². The molecule has 0 saturated heterocycles. The third-order valence-electron chi connectivity index (χ3n) is 5.76. The van der Waals surface area contributed by atoms with Crippen molar-refractivity contribution < 1.29 is 18.0 Å². The Hall–Kier alpha value is -2.75. The molecule has 0 fully saturated rings. The van der Waals surface area contributed by atoms with Crippen LogP contribution in [0.15, 0.2) is 53.4 Å². The predicted molar refractivity (Wildman–Crippen MR) is 133 cm³/mol. The summed E-state index contributed by atoms with van der Waals surface area (Å²) in [5.74, 6) is -0.480. The zero-order chi connectivity index (χ0) is 24.6. The summed E-state index contributed by atoms with van der Waals surface area (Å²) in [6.07, 6.45) is 2.85. The number of carbonyl (C=O) groups is 2. The molecule has 0 bridgehead atoms. The first kappa shape index (κ1) is 25.9. The molecule has 2 amide bonds. The minimum atomic E-state index is -3.99. The molecular weight excluding hydrogens is 452 g/mol. The van der Waals surface area contributed by atoms with Crippen LogP contribution in [0.3, 0.4) is 0 Å². The lowest BCUT2D eigenvalue weighted by molar-refractivity contribution is -0.123. The van der Waals surface area contributed by atoms with Crippen molar-refractivity contribution in [2.24, 2.45) is 0 Å². The Morgan fingerprint density at radius 1 is 1.03 bits per heavy atom. The zero-order valence-electron chi connectivity index (χ0n) is 19.8. The number of nitrogens with one attached hydrogen (secondary N) is 3. The molecule has 1 aliphatic heterocycles. The van der Waals surface area contributed by atoms with Gasteiger partial charge in [0.25, 0.3) is 0 Å². The normalized spacial score (nSPS) is 14.4. The molecule has 1 heterocycles. The number of amides is 2. The number of benzene rings is 2. The Kier molecular flexibility index (Phi) is 9.20. The van der Waals surface area contributed by atoms with Gasteiger partial charge < -0.3 is 15.5 Å².